The highest BCUT2D eigenvalue weighted by Crippen LogP contribution is 2.33. The van der Waals surface area contributed by atoms with E-state index in [0.29, 0.717) is 5.71 Å². The minimum absolute atomic E-state index is 0.0800. The number of hydrogen-bond acceptors (Lipinski definition) is 4. The number of aliphatic imine (C=N–C) groups is 1. The summed E-state index contributed by atoms with van der Waals surface area (Å²) < 4.78 is 0. The van der Waals surface area contributed by atoms with Crippen molar-refractivity contribution in [1.29, 1.82) is 0 Å². The molecule has 2 rings (SSSR count). The van der Waals surface area contributed by atoms with Gasteiger partial charge < -0.3 is 5.11 Å². The van der Waals surface area contributed by atoms with Crippen LogP contribution in [0.3, 0.4) is 0 Å². The monoisotopic (exact) mass is 330 g/mol. The molecule has 0 bridgehead atoms. The van der Waals surface area contributed by atoms with E-state index in [-0.39, 0.29) is 6.54 Å². The molecule has 0 aromatic heterocycles. The third-order valence-corrected chi connectivity index (χ3v) is 4.85. The molecule has 0 heterocycles. The Morgan fingerprint density at radius 2 is 1.88 bits per heavy atom. The maximum absolute atomic E-state index is 11.7. The van der Waals surface area contributed by atoms with E-state index in [4.69, 9.17) is 4.99 Å². The summed E-state index contributed by atoms with van der Waals surface area (Å²) in [6.45, 7) is 1.87. The molecule has 1 aliphatic carbocycles. The number of carboxylic acid groups (broad SMARTS) is 1. The van der Waals surface area contributed by atoms with E-state index in [9.17, 15) is 14.7 Å². The van der Waals surface area contributed by atoms with E-state index in [2.05, 4.69) is 0 Å². The van der Waals surface area contributed by atoms with Crippen LogP contribution < -0.4 is 0 Å². The number of carbonyl (C=O) groups is 2. The number of aldehydes is 1. The second-order valence-corrected chi connectivity index (χ2v) is 6.58. The molecule has 1 aromatic carbocycles. The fourth-order valence-corrected chi connectivity index (χ4v) is 3.46. The number of benzene rings is 1. The largest absolute Gasteiger partial charge is 0.480 e. The predicted molar refractivity (Wildman–Crippen MR) is 94.5 cm³/mol. The summed E-state index contributed by atoms with van der Waals surface area (Å²) in [6, 6.07) is 7.67. The highest BCUT2D eigenvalue weighted by atomic mass is 16.4. The zero-order valence-corrected chi connectivity index (χ0v) is 14.5. The molecule has 5 nitrogen and oxygen atoms in total. The number of aryl methyl sites for hydroxylation is 1. The van der Waals surface area contributed by atoms with Crippen molar-refractivity contribution in [2.75, 3.05) is 13.6 Å². The van der Waals surface area contributed by atoms with Gasteiger partial charge in [-0.15, -0.1) is 0 Å². The highest BCUT2D eigenvalue weighted by molar-refractivity contribution is 6.36. The Morgan fingerprint density at radius 3 is 2.42 bits per heavy atom. The predicted octanol–water partition coefficient (Wildman–Crippen LogP) is 3.05. The normalized spacial score (nSPS) is 18.2. The average molecular weight is 330 g/mol. The van der Waals surface area contributed by atoms with Crippen molar-refractivity contribution in [3.63, 3.8) is 0 Å². The number of carboxylic acids is 1. The van der Waals surface area contributed by atoms with Crippen LogP contribution >= 0.6 is 0 Å². The molecule has 1 aromatic rings. The van der Waals surface area contributed by atoms with E-state index in [1.165, 1.54) is 0 Å². The molecule has 1 aliphatic rings. The minimum Gasteiger partial charge on any atom is -0.480 e. The van der Waals surface area contributed by atoms with Gasteiger partial charge in [0.2, 0.25) is 0 Å². The average Bonchev–Trinajstić information content (AvgIpc) is 2.79. The first-order valence-corrected chi connectivity index (χ1v) is 8.52. The number of carbonyl (C=O) groups excluding carboxylic acids is 1. The zero-order chi connectivity index (χ0) is 17.6. The molecule has 1 N–H and O–H groups in total. The summed E-state index contributed by atoms with van der Waals surface area (Å²) in [5.41, 5.74) is 1.60. The van der Waals surface area contributed by atoms with Crippen LogP contribution in [0.2, 0.25) is 0 Å². The minimum atomic E-state index is -0.875. The smallest absolute Gasteiger partial charge is 0.317 e. The number of hydrogen-bond donors (Lipinski definition) is 1. The lowest BCUT2D eigenvalue weighted by molar-refractivity contribution is -0.139. The molecule has 0 aliphatic heterocycles. The van der Waals surface area contributed by atoms with Crippen LogP contribution in [0.1, 0.15) is 49.7 Å². The Morgan fingerprint density at radius 1 is 1.25 bits per heavy atom. The SMILES string of the molecule is Cc1ccccc1/C(C=O)=N/C1(N(C)CC(=O)O)CCCCCC1. The van der Waals surface area contributed by atoms with E-state index >= 15 is 0 Å². The summed E-state index contributed by atoms with van der Waals surface area (Å²) in [5.74, 6) is -0.875. The van der Waals surface area contributed by atoms with Gasteiger partial charge in [-0.1, -0.05) is 37.1 Å². The Balaban J connectivity index is 2.46. The summed E-state index contributed by atoms with van der Waals surface area (Å²) in [7, 11) is 1.79. The second kappa shape index (κ2) is 8.20. The van der Waals surface area contributed by atoms with Crippen LogP contribution in [0.5, 0.6) is 0 Å². The van der Waals surface area contributed by atoms with E-state index in [1.54, 1.807) is 11.9 Å². The van der Waals surface area contributed by atoms with E-state index in [0.717, 1.165) is 55.9 Å². The molecule has 0 saturated heterocycles. The molecular weight excluding hydrogens is 304 g/mol. The number of rotatable bonds is 6. The molecule has 1 fully saturated rings. The molecule has 0 atom stereocenters. The van der Waals surface area contributed by atoms with Crippen LogP contribution in [-0.2, 0) is 9.59 Å². The third-order valence-electron chi connectivity index (χ3n) is 4.85. The maximum Gasteiger partial charge on any atom is 0.317 e. The van der Waals surface area contributed by atoms with Crippen LogP contribution in [0.25, 0.3) is 0 Å². The summed E-state index contributed by atoms with van der Waals surface area (Å²) in [4.78, 5) is 29.6. The lowest BCUT2D eigenvalue weighted by Crippen LogP contribution is -2.47. The van der Waals surface area contributed by atoms with Crippen LogP contribution in [0.4, 0.5) is 0 Å². The fourth-order valence-electron chi connectivity index (χ4n) is 3.46. The van der Waals surface area contributed by atoms with Crippen molar-refractivity contribution < 1.29 is 14.7 Å². The van der Waals surface area contributed by atoms with E-state index < -0.39 is 11.6 Å². The summed E-state index contributed by atoms with van der Waals surface area (Å²) in [6.07, 6.45) is 6.59. The van der Waals surface area contributed by atoms with Gasteiger partial charge in [0.15, 0.2) is 6.29 Å². The summed E-state index contributed by atoms with van der Waals surface area (Å²) in [5, 5.41) is 9.19. The van der Waals surface area contributed by atoms with Crippen LogP contribution in [0, 0.1) is 6.92 Å². The first kappa shape index (κ1) is 18.3. The van der Waals surface area contributed by atoms with Crippen molar-refractivity contribution in [2.24, 2.45) is 4.99 Å². The third kappa shape index (κ3) is 4.29. The molecule has 1 saturated carbocycles. The van der Waals surface area contributed by atoms with Crippen molar-refractivity contribution in [3.8, 4) is 0 Å². The maximum atomic E-state index is 11.7. The Bertz CT molecular complexity index is 617. The van der Waals surface area contributed by atoms with Crippen molar-refractivity contribution in [3.05, 3.63) is 35.4 Å². The first-order valence-electron chi connectivity index (χ1n) is 8.52. The molecular formula is C19H26N2O3. The van der Waals surface area contributed by atoms with Gasteiger partial charge in [-0.3, -0.25) is 19.5 Å². The van der Waals surface area contributed by atoms with Crippen molar-refractivity contribution >= 4 is 18.0 Å². The topological polar surface area (TPSA) is 70.0 Å². The van der Waals surface area contributed by atoms with Gasteiger partial charge in [0.25, 0.3) is 0 Å². The van der Waals surface area contributed by atoms with Crippen molar-refractivity contribution in [2.45, 2.75) is 51.1 Å². The van der Waals surface area contributed by atoms with Gasteiger partial charge >= 0.3 is 5.97 Å². The number of nitrogens with zero attached hydrogens (tertiary/aromatic N) is 2. The van der Waals surface area contributed by atoms with Gasteiger partial charge in [0.05, 0.1) is 6.54 Å². The number of likely N-dealkylation sites (N-methyl/N-ethyl adjacent to an activating group) is 1. The Kier molecular flexibility index (Phi) is 6.26. The lowest BCUT2D eigenvalue weighted by Gasteiger charge is -2.38. The van der Waals surface area contributed by atoms with Crippen molar-refractivity contribution in [1.82, 2.24) is 4.90 Å². The molecule has 0 radical (unpaired) electrons. The molecule has 5 heteroatoms. The molecule has 0 spiro atoms. The van der Waals surface area contributed by atoms with Gasteiger partial charge in [0, 0.05) is 5.56 Å². The molecule has 130 valence electrons. The second-order valence-electron chi connectivity index (χ2n) is 6.58. The Labute approximate surface area is 143 Å². The lowest BCUT2D eigenvalue weighted by atomic mass is 9.97. The molecule has 0 unspecified atom stereocenters. The van der Waals surface area contributed by atoms with Gasteiger partial charge in [-0.05, 0) is 45.2 Å². The van der Waals surface area contributed by atoms with Gasteiger partial charge in [0.1, 0.15) is 11.4 Å². The zero-order valence-electron chi connectivity index (χ0n) is 14.5. The Hall–Kier alpha value is -2.01. The summed E-state index contributed by atoms with van der Waals surface area (Å²) >= 11 is 0. The van der Waals surface area contributed by atoms with E-state index in [1.807, 2.05) is 31.2 Å². The van der Waals surface area contributed by atoms with Crippen LogP contribution in [0.15, 0.2) is 29.3 Å². The molecule has 24 heavy (non-hydrogen) atoms. The fraction of sp³-hybridized carbons (Fsp3) is 0.526. The standard InChI is InChI=1S/C19H26N2O3/c1-15-9-5-6-10-16(15)17(14-22)20-19(21(2)13-18(23)24)11-7-3-4-8-12-19/h5-6,9-10,14H,3-4,7-8,11-13H2,1-2H3,(H,23,24)/b20-17+. The van der Waals surface area contributed by atoms with Crippen LogP contribution in [-0.4, -0.2) is 47.2 Å². The van der Waals surface area contributed by atoms with Gasteiger partial charge in [-0.2, -0.15) is 0 Å². The highest BCUT2D eigenvalue weighted by Gasteiger charge is 2.36. The number of aliphatic carboxylic acids is 1. The molecule has 0 amide bonds. The first-order chi connectivity index (χ1) is 11.5. The quantitative estimate of drug-likeness (QED) is 0.494. The van der Waals surface area contributed by atoms with Gasteiger partial charge in [-0.25, -0.2) is 0 Å².